The van der Waals surface area contributed by atoms with Crippen LogP contribution >= 0.6 is 15.9 Å². The molecule has 1 aromatic carbocycles. The Morgan fingerprint density at radius 1 is 1.44 bits per heavy atom. The van der Waals surface area contributed by atoms with Crippen LogP contribution in [0.1, 0.15) is 37.6 Å². The van der Waals surface area contributed by atoms with Crippen molar-refractivity contribution in [1.29, 1.82) is 0 Å². The van der Waals surface area contributed by atoms with E-state index in [1.54, 1.807) is 12.1 Å². The van der Waals surface area contributed by atoms with Gasteiger partial charge in [-0.2, -0.15) is 0 Å². The van der Waals surface area contributed by atoms with Crippen LogP contribution in [-0.4, -0.2) is 23.9 Å². The van der Waals surface area contributed by atoms with Crippen molar-refractivity contribution >= 4 is 27.5 Å². The van der Waals surface area contributed by atoms with Crippen LogP contribution in [0, 0.1) is 5.92 Å². The Labute approximate surface area is 117 Å². The highest BCUT2D eigenvalue weighted by atomic mass is 79.9. The molecule has 0 heterocycles. The lowest BCUT2D eigenvalue weighted by molar-refractivity contribution is 0.0742. The summed E-state index contributed by atoms with van der Waals surface area (Å²) in [6, 6.07) is 5.39. The number of hydrogen-bond acceptors (Lipinski definition) is 2. The largest absolute Gasteiger partial charge is 0.398 e. The van der Waals surface area contributed by atoms with Crippen LogP contribution in [0.4, 0.5) is 5.69 Å². The SMILES string of the molecule is CCC(C)CN(CC)C(=O)c1ccc(Br)cc1N. The number of nitrogens with two attached hydrogens (primary N) is 1. The number of amides is 1. The van der Waals surface area contributed by atoms with Crippen LogP contribution in [0.3, 0.4) is 0 Å². The highest BCUT2D eigenvalue weighted by Crippen LogP contribution is 2.20. The summed E-state index contributed by atoms with van der Waals surface area (Å²) in [6.07, 6.45) is 1.07. The first-order valence-corrected chi connectivity index (χ1v) is 7.13. The normalized spacial score (nSPS) is 12.2. The molecule has 4 heteroatoms. The molecule has 100 valence electrons. The van der Waals surface area contributed by atoms with E-state index in [0.29, 0.717) is 23.7 Å². The predicted octanol–water partition coefficient (Wildman–Crippen LogP) is 3.54. The molecule has 0 aliphatic rings. The summed E-state index contributed by atoms with van der Waals surface area (Å²) < 4.78 is 0.890. The van der Waals surface area contributed by atoms with Crippen molar-refractivity contribution < 1.29 is 4.79 Å². The van der Waals surface area contributed by atoms with Crippen LogP contribution in [0.25, 0.3) is 0 Å². The molecule has 0 aromatic heterocycles. The second-order valence-corrected chi connectivity index (χ2v) is 5.50. The molecule has 18 heavy (non-hydrogen) atoms. The highest BCUT2D eigenvalue weighted by molar-refractivity contribution is 9.10. The summed E-state index contributed by atoms with van der Waals surface area (Å²) in [5.41, 5.74) is 7.01. The van der Waals surface area contributed by atoms with Crippen LogP contribution in [0.2, 0.25) is 0 Å². The molecule has 0 bridgehead atoms. The van der Waals surface area contributed by atoms with Gasteiger partial charge in [-0.3, -0.25) is 4.79 Å². The molecule has 1 unspecified atom stereocenters. The number of halogens is 1. The van der Waals surface area contributed by atoms with Gasteiger partial charge >= 0.3 is 0 Å². The van der Waals surface area contributed by atoms with Crippen molar-refractivity contribution in [3.8, 4) is 0 Å². The molecule has 0 saturated heterocycles. The van der Waals surface area contributed by atoms with Gasteiger partial charge in [-0.15, -0.1) is 0 Å². The highest BCUT2D eigenvalue weighted by Gasteiger charge is 2.18. The summed E-state index contributed by atoms with van der Waals surface area (Å²) in [7, 11) is 0. The van der Waals surface area contributed by atoms with Crippen molar-refractivity contribution in [3.05, 3.63) is 28.2 Å². The molecule has 0 saturated carbocycles. The standard InChI is InChI=1S/C14H21BrN2O/c1-4-10(3)9-17(5-2)14(18)12-7-6-11(15)8-13(12)16/h6-8,10H,4-5,9,16H2,1-3H3. The molecule has 1 aromatic rings. The van der Waals surface area contributed by atoms with Crippen LogP contribution in [0.15, 0.2) is 22.7 Å². The topological polar surface area (TPSA) is 46.3 Å². The first-order chi connectivity index (χ1) is 8.49. The molecule has 0 radical (unpaired) electrons. The van der Waals surface area contributed by atoms with Crippen molar-refractivity contribution in [1.82, 2.24) is 4.90 Å². The quantitative estimate of drug-likeness (QED) is 0.845. The zero-order valence-electron chi connectivity index (χ0n) is 11.2. The van der Waals surface area contributed by atoms with Gasteiger partial charge in [0.15, 0.2) is 0 Å². The average molecular weight is 313 g/mol. The molecule has 0 spiro atoms. The Morgan fingerprint density at radius 3 is 2.61 bits per heavy atom. The Bertz CT molecular complexity index is 420. The number of hydrogen-bond donors (Lipinski definition) is 1. The maximum Gasteiger partial charge on any atom is 0.255 e. The van der Waals surface area contributed by atoms with E-state index in [-0.39, 0.29) is 5.91 Å². The lowest BCUT2D eigenvalue weighted by atomic mass is 10.1. The van der Waals surface area contributed by atoms with Crippen LogP contribution in [0.5, 0.6) is 0 Å². The third kappa shape index (κ3) is 3.73. The average Bonchev–Trinajstić information content (AvgIpc) is 2.34. The predicted molar refractivity (Wildman–Crippen MR) is 79.6 cm³/mol. The first kappa shape index (κ1) is 15.0. The number of benzene rings is 1. The molecule has 1 amide bonds. The van der Waals surface area contributed by atoms with Gasteiger partial charge in [0, 0.05) is 23.2 Å². The van der Waals surface area contributed by atoms with E-state index >= 15 is 0 Å². The minimum atomic E-state index is 0.0165. The van der Waals surface area contributed by atoms with Gasteiger partial charge in [-0.1, -0.05) is 36.2 Å². The second-order valence-electron chi connectivity index (χ2n) is 4.59. The zero-order valence-corrected chi connectivity index (χ0v) is 12.8. The lowest BCUT2D eigenvalue weighted by Crippen LogP contribution is -2.34. The van der Waals surface area contributed by atoms with E-state index in [2.05, 4.69) is 29.8 Å². The maximum absolute atomic E-state index is 12.4. The number of nitrogens with zero attached hydrogens (tertiary/aromatic N) is 1. The van der Waals surface area contributed by atoms with Gasteiger partial charge in [-0.25, -0.2) is 0 Å². The Balaban J connectivity index is 2.89. The van der Waals surface area contributed by atoms with Gasteiger partial charge in [0.05, 0.1) is 5.56 Å². The number of anilines is 1. The van der Waals surface area contributed by atoms with E-state index in [1.165, 1.54) is 0 Å². The molecule has 1 rings (SSSR count). The van der Waals surface area contributed by atoms with Crippen molar-refractivity contribution in [2.24, 2.45) is 5.92 Å². The molecule has 2 N–H and O–H groups in total. The van der Waals surface area contributed by atoms with Crippen molar-refractivity contribution in [2.75, 3.05) is 18.8 Å². The molecule has 3 nitrogen and oxygen atoms in total. The molecular formula is C14H21BrN2O. The van der Waals surface area contributed by atoms with E-state index in [0.717, 1.165) is 17.4 Å². The summed E-state index contributed by atoms with van der Waals surface area (Å²) in [5, 5.41) is 0. The minimum Gasteiger partial charge on any atom is -0.398 e. The van der Waals surface area contributed by atoms with E-state index in [4.69, 9.17) is 5.73 Å². The Kier molecular flexibility index (Phi) is 5.66. The van der Waals surface area contributed by atoms with Crippen molar-refractivity contribution in [3.63, 3.8) is 0 Å². The van der Waals surface area contributed by atoms with E-state index in [1.807, 2.05) is 17.9 Å². The van der Waals surface area contributed by atoms with Gasteiger partial charge < -0.3 is 10.6 Å². The molecule has 0 aliphatic heterocycles. The Morgan fingerprint density at radius 2 is 2.11 bits per heavy atom. The fourth-order valence-electron chi connectivity index (χ4n) is 1.76. The van der Waals surface area contributed by atoms with Gasteiger partial charge in [-0.05, 0) is 31.0 Å². The Hall–Kier alpha value is -1.03. The van der Waals surface area contributed by atoms with E-state index in [9.17, 15) is 4.79 Å². The minimum absolute atomic E-state index is 0.0165. The van der Waals surface area contributed by atoms with E-state index < -0.39 is 0 Å². The number of rotatable bonds is 5. The number of nitrogen functional groups attached to an aromatic ring is 1. The summed E-state index contributed by atoms with van der Waals surface area (Å²) >= 11 is 3.35. The number of carbonyl (C=O) groups excluding carboxylic acids is 1. The molecular weight excluding hydrogens is 292 g/mol. The maximum atomic E-state index is 12.4. The van der Waals surface area contributed by atoms with Crippen LogP contribution < -0.4 is 5.73 Å². The zero-order chi connectivity index (χ0) is 13.7. The number of carbonyl (C=O) groups is 1. The second kappa shape index (κ2) is 6.78. The van der Waals surface area contributed by atoms with Gasteiger partial charge in [0.1, 0.15) is 0 Å². The molecule has 1 atom stereocenters. The van der Waals surface area contributed by atoms with Crippen LogP contribution in [-0.2, 0) is 0 Å². The fourth-order valence-corrected chi connectivity index (χ4v) is 2.14. The molecule has 0 fully saturated rings. The summed E-state index contributed by atoms with van der Waals surface area (Å²) in [6.45, 7) is 7.77. The van der Waals surface area contributed by atoms with Gasteiger partial charge in [0.2, 0.25) is 0 Å². The smallest absolute Gasteiger partial charge is 0.255 e. The van der Waals surface area contributed by atoms with Crippen molar-refractivity contribution in [2.45, 2.75) is 27.2 Å². The summed E-state index contributed by atoms with van der Waals surface area (Å²) in [5.74, 6) is 0.522. The third-order valence-electron chi connectivity index (χ3n) is 3.14. The monoisotopic (exact) mass is 312 g/mol. The summed E-state index contributed by atoms with van der Waals surface area (Å²) in [4.78, 5) is 14.2. The van der Waals surface area contributed by atoms with Gasteiger partial charge in [0.25, 0.3) is 5.91 Å². The first-order valence-electron chi connectivity index (χ1n) is 6.33. The molecule has 0 aliphatic carbocycles. The fraction of sp³-hybridized carbons (Fsp3) is 0.500. The lowest BCUT2D eigenvalue weighted by Gasteiger charge is -2.24. The third-order valence-corrected chi connectivity index (χ3v) is 3.64.